The van der Waals surface area contributed by atoms with Crippen LogP contribution in [0.5, 0.6) is 0 Å². The molecular weight excluding hydrogens is 385 g/mol. The quantitative estimate of drug-likeness (QED) is 0.456. The monoisotopic (exact) mass is 411 g/mol. The minimum absolute atomic E-state index is 0.0198. The second-order valence-electron chi connectivity index (χ2n) is 7.41. The number of benzene rings is 2. The lowest BCUT2D eigenvalue weighted by atomic mass is 10.0. The Morgan fingerprint density at radius 1 is 1.13 bits per heavy atom. The van der Waals surface area contributed by atoms with Crippen molar-refractivity contribution in [1.29, 1.82) is 0 Å². The third kappa shape index (κ3) is 5.11. The lowest BCUT2D eigenvalue weighted by Gasteiger charge is -2.19. The predicted molar refractivity (Wildman–Crippen MR) is 115 cm³/mol. The molecule has 3 aromatic rings. The highest BCUT2D eigenvalue weighted by molar-refractivity contribution is 5.99. The number of fused-ring (bicyclic) bond motifs is 1. The fourth-order valence-corrected chi connectivity index (χ4v) is 3.18. The van der Waals surface area contributed by atoms with Crippen LogP contribution in [0.15, 0.2) is 48.7 Å². The summed E-state index contributed by atoms with van der Waals surface area (Å²) >= 11 is 0. The van der Waals surface area contributed by atoms with Gasteiger partial charge in [-0.3, -0.25) is 4.79 Å². The zero-order valence-corrected chi connectivity index (χ0v) is 17.0. The van der Waals surface area contributed by atoms with Crippen LogP contribution < -0.4 is 10.6 Å². The van der Waals surface area contributed by atoms with Crippen molar-refractivity contribution >= 4 is 22.5 Å². The van der Waals surface area contributed by atoms with Gasteiger partial charge in [0, 0.05) is 29.8 Å². The maximum absolute atomic E-state index is 14.0. The van der Waals surface area contributed by atoms with Gasteiger partial charge in [0.15, 0.2) is 0 Å². The highest BCUT2D eigenvalue weighted by Gasteiger charge is 2.17. The van der Waals surface area contributed by atoms with Crippen LogP contribution in [0.3, 0.4) is 0 Å². The SMILES string of the molecule is Cc1ccc([C@@H](CCO)NC(=O)c2ccc3cnc(N[C@@H](C)CO)cc3c2)cc1F. The third-order valence-electron chi connectivity index (χ3n) is 4.97. The summed E-state index contributed by atoms with van der Waals surface area (Å²) in [4.78, 5) is 17.2. The number of anilines is 1. The number of hydrogen-bond donors (Lipinski definition) is 4. The van der Waals surface area contributed by atoms with Crippen LogP contribution >= 0.6 is 0 Å². The molecule has 0 radical (unpaired) electrons. The van der Waals surface area contributed by atoms with E-state index in [-0.39, 0.29) is 37.4 Å². The number of aliphatic hydroxyl groups excluding tert-OH is 2. The van der Waals surface area contributed by atoms with Crippen molar-refractivity contribution in [3.8, 4) is 0 Å². The van der Waals surface area contributed by atoms with Gasteiger partial charge in [0.1, 0.15) is 11.6 Å². The average molecular weight is 411 g/mol. The van der Waals surface area contributed by atoms with Crippen LogP contribution in [0.4, 0.5) is 10.2 Å². The maximum Gasteiger partial charge on any atom is 0.251 e. The van der Waals surface area contributed by atoms with Crippen molar-refractivity contribution in [3.05, 3.63) is 71.2 Å². The first kappa shape index (κ1) is 21.7. The number of hydrogen-bond acceptors (Lipinski definition) is 5. The molecule has 30 heavy (non-hydrogen) atoms. The van der Waals surface area contributed by atoms with Crippen LogP contribution in [0.25, 0.3) is 10.8 Å². The number of aromatic nitrogens is 1. The maximum atomic E-state index is 14.0. The van der Waals surface area contributed by atoms with E-state index in [1.165, 1.54) is 6.07 Å². The van der Waals surface area contributed by atoms with Gasteiger partial charge < -0.3 is 20.8 Å². The highest BCUT2D eigenvalue weighted by atomic mass is 19.1. The Morgan fingerprint density at radius 3 is 2.63 bits per heavy atom. The van der Waals surface area contributed by atoms with Gasteiger partial charge in [0.05, 0.1) is 12.6 Å². The van der Waals surface area contributed by atoms with E-state index in [1.807, 2.05) is 19.1 Å². The number of nitrogens with zero attached hydrogens (tertiary/aromatic N) is 1. The molecular formula is C23H26FN3O3. The molecule has 0 unspecified atom stereocenters. The molecule has 0 saturated heterocycles. The molecule has 2 atom stereocenters. The van der Waals surface area contributed by atoms with Crippen LogP contribution in [0.2, 0.25) is 0 Å². The second kappa shape index (κ2) is 9.65. The summed E-state index contributed by atoms with van der Waals surface area (Å²) < 4.78 is 14.0. The van der Waals surface area contributed by atoms with E-state index < -0.39 is 6.04 Å². The number of aryl methyl sites for hydroxylation is 1. The first-order chi connectivity index (χ1) is 14.4. The molecule has 0 fully saturated rings. The van der Waals surface area contributed by atoms with E-state index in [0.717, 1.165) is 10.8 Å². The molecule has 6 nitrogen and oxygen atoms in total. The van der Waals surface area contributed by atoms with E-state index in [9.17, 15) is 19.4 Å². The lowest BCUT2D eigenvalue weighted by Crippen LogP contribution is -2.29. The second-order valence-corrected chi connectivity index (χ2v) is 7.41. The number of pyridine rings is 1. The number of carbonyl (C=O) groups is 1. The fourth-order valence-electron chi connectivity index (χ4n) is 3.18. The summed E-state index contributed by atoms with van der Waals surface area (Å²) in [5.41, 5.74) is 1.58. The van der Waals surface area contributed by atoms with Crippen molar-refractivity contribution in [2.24, 2.45) is 0 Å². The van der Waals surface area contributed by atoms with E-state index in [4.69, 9.17) is 0 Å². The van der Waals surface area contributed by atoms with Gasteiger partial charge >= 0.3 is 0 Å². The average Bonchev–Trinajstić information content (AvgIpc) is 2.74. The Balaban J connectivity index is 1.83. The lowest BCUT2D eigenvalue weighted by molar-refractivity contribution is 0.0930. The molecule has 0 aliphatic rings. The van der Waals surface area contributed by atoms with Crippen molar-refractivity contribution in [1.82, 2.24) is 10.3 Å². The predicted octanol–water partition coefficient (Wildman–Crippen LogP) is 3.33. The van der Waals surface area contributed by atoms with E-state index in [2.05, 4.69) is 15.6 Å². The molecule has 1 heterocycles. The van der Waals surface area contributed by atoms with E-state index in [0.29, 0.717) is 22.5 Å². The highest BCUT2D eigenvalue weighted by Crippen LogP contribution is 2.22. The number of amides is 1. The van der Waals surface area contributed by atoms with Crippen molar-refractivity contribution in [2.45, 2.75) is 32.4 Å². The van der Waals surface area contributed by atoms with Crippen LogP contribution in [0, 0.1) is 12.7 Å². The molecule has 0 spiro atoms. The Morgan fingerprint density at radius 2 is 1.93 bits per heavy atom. The third-order valence-corrected chi connectivity index (χ3v) is 4.97. The van der Waals surface area contributed by atoms with Gasteiger partial charge in [-0.1, -0.05) is 18.2 Å². The molecule has 2 aromatic carbocycles. The van der Waals surface area contributed by atoms with Crippen molar-refractivity contribution in [3.63, 3.8) is 0 Å². The number of nitrogens with one attached hydrogen (secondary N) is 2. The smallest absolute Gasteiger partial charge is 0.251 e. The Kier molecular flexibility index (Phi) is 6.97. The summed E-state index contributed by atoms with van der Waals surface area (Å²) in [6.07, 6.45) is 1.98. The topological polar surface area (TPSA) is 94.5 Å². The van der Waals surface area contributed by atoms with Crippen LogP contribution in [-0.2, 0) is 0 Å². The standard InChI is InChI=1S/C23H26FN3O3/c1-14-3-4-16(10-20(14)24)21(7-8-28)27-23(30)17-5-6-18-12-25-22(11-19(18)9-17)26-15(2)13-29/h3-6,9-12,15,21,28-29H,7-8,13H2,1-2H3,(H,25,26)(H,27,30)/t15-,21+/m0/s1. The molecule has 1 aromatic heterocycles. The van der Waals surface area contributed by atoms with Crippen molar-refractivity contribution < 1.29 is 19.4 Å². The minimum atomic E-state index is -0.506. The van der Waals surface area contributed by atoms with Crippen molar-refractivity contribution in [2.75, 3.05) is 18.5 Å². The number of carbonyl (C=O) groups excluding carboxylic acids is 1. The summed E-state index contributed by atoms with van der Waals surface area (Å²) in [6, 6.07) is 11.2. The molecule has 0 bridgehead atoms. The van der Waals surface area contributed by atoms with Gasteiger partial charge in [-0.25, -0.2) is 9.37 Å². The summed E-state index contributed by atoms with van der Waals surface area (Å²) in [6.45, 7) is 3.36. The molecule has 0 aliphatic carbocycles. The van der Waals surface area contributed by atoms with Crippen LogP contribution in [0.1, 0.15) is 40.9 Å². The largest absolute Gasteiger partial charge is 0.396 e. The molecule has 158 valence electrons. The van der Waals surface area contributed by atoms with E-state index in [1.54, 1.807) is 37.4 Å². The first-order valence-electron chi connectivity index (χ1n) is 9.86. The van der Waals surface area contributed by atoms with Gasteiger partial charge in [-0.05, 0) is 61.0 Å². The number of aliphatic hydroxyl groups is 2. The van der Waals surface area contributed by atoms with Gasteiger partial charge in [-0.2, -0.15) is 0 Å². The summed E-state index contributed by atoms with van der Waals surface area (Å²) in [5, 5.41) is 26.3. The Bertz CT molecular complexity index is 1040. The zero-order chi connectivity index (χ0) is 21.7. The minimum Gasteiger partial charge on any atom is -0.396 e. The van der Waals surface area contributed by atoms with Gasteiger partial charge in [0.2, 0.25) is 0 Å². The first-order valence-corrected chi connectivity index (χ1v) is 9.86. The molecule has 3 rings (SSSR count). The van der Waals surface area contributed by atoms with Gasteiger partial charge in [0.25, 0.3) is 5.91 Å². The summed E-state index contributed by atoms with van der Waals surface area (Å²) in [7, 11) is 0. The van der Waals surface area contributed by atoms with E-state index >= 15 is 0 Å². The van der Waals surface area contributed by atoms with Gasteiger partial charge in [-0.15, -0.1) is 0 Å². The van der Waals surface area contributed by atoms with Crippen LogP contribution in [-0.4, -0.2) is 40.4 Å². The molecule has 1 amide bonds. The zero-order valence-electron chi connectivity index (χ0n) is 17.0. The number of rotatable bonds is 8. The fraction of sp³-hybridized carbons (Fsp3) is 0.304. The Hall–Kier alpha value is -3.03. The summed E-state index contributed by atoms with van der Waals surface area (Å²) in [5.74, 6) is -0.0543. The number of halogens is 1. The Labute approximate surface area is 174 Å². The molecule has 0 aliphatic heterocycles. The molecule has 0 saturated carbocycles. The normalized spacial score (nSPS) is 13.1. The molecule has 4 N–H and O–H groups in total. The molecule has 7 heteroatoms.